The molecule has 2 saturated heterocycles. The number of sulfonamides is 1. The number of hydrogen-bond donors (Lipinski definition) is 3. The van der Waals surface area contributed by atoms with E-state index < -0.39 is 33.9 Å². The molecule has 2 aliphatic rings. The molecule has 2 heterocycles. The fourth-order valence-corrected chi connectivity index (χ4v) is 7.35. The van der Waals surface area contributed by atoms with Crippen molar-refractivity contribution in [1.29, 1.82) is 0 Å². The van der Waals surface area contributed by atoms with E-state index in [1.54, 1.807) is 53.4 Å². The van der Waals surface area contributed by atoms with Crippen LogP contribution in [0.15, 0.2) is 84.9 Å². The second kappa shape index (κ2) is 14.6. The number of anilines is 2. The molecule has 3 aromatic rings. The fraction of sp³-hybridized carbons (Fsp3) is 0.364. The Hall–Kier alpha value is -4.42. The van der Waals surface area contributed by atoms with Crippen LogP contribution < -0.4 is 15.5 Å². The van der Waals surface area contributed by atoms with Crippen molar-refractivity contribution < 1.29 is 27.9 Å². The van der Waals surface area contributed by atoms with Crippen molar-refractivity contribution in [2.75, 3.05) is 49.5 Å². The maximum atomic E-state index is 13.1. The molecule has 0 bridgehead atoms. The summed E-state index contributed by atoms with van der Waals surface area (Å²) >= 11 is 0. The number of carbonyl (C=O) groups is 3. The Balaban J connectivity index is 1.11. The Labute approximate surface area is 263 Å². The molecule has 0 spiro atoms. The van der Waals surface area contributed by atoms with E-state index in [0.717, 1.165) is 18.8 Å². The Bertz CT molecular complexity index is 1560. The molecule has 2 fully saturated rings. The molecule has 2 atom stereocenters. The van der Waals surface area contributed by atoms with Gasteiger partial charge in [-0.2, -0.15) is 0 Å². The molecule has 0 saturated carbocycles. The molecule has 3 aromatic carbocycles. The second-order valence-corrected chi connectivity index (χ2v) is 13.4. The Kier molecular flexibility index (Phi) is 10.4. The van der Waals surface area contributed by atoms with Crippen molar-refractivity contribution >= 4 is 39.3 Å². The summed E-state index contributed by atoms with van der Waals surface area (Å²) in [4.78, 5) is 42.0. The van der Waals surface area contributed by atoms with Crippen molar-refractivity contribution in [1.82, 2.24) is 14.5 Å². The van der Waals surface area contributed by atoms with Gasteiger partial charge in [0.05, 0.1) is 11.7 Å². The molecule has 12 heteroatoms. The zero-order valence-corrected chi connectivity index (χ0v) is 25.9. The van der Waals surface area contributed by atoms with Crippen LogP contribution in [-0.4, -0.2) is 85.9 Å². The fourth-order valence-electron chi connectivity index (χ4n) is 5.74. The first-order valence-corrected chi connectivity index (χ1v) is 16.8. The predicted octanol–water partition coefficient (Wildman–Crippen LogP) is 3.39. The van der Waals surface area contributed by atoms with Crippen LogP contribution in [0, 0.1) is 5.92 Å². The summed E-state index contributed by atoms with van der Waals surface area (Å²) in [5, 5.41) is 15.4. The van der Waals surface area contributed by atoms with Gasteiger partial charge in [0.25, 0.3) is 0 Å². The van der Waals surface area contributed by atoms with Crippen molar-refractivity contribution in [3.63, 3.8) is 0 Å². The minimum Gasteiger partial charge on any atom is -0.480 e. The molecule has 0 aromatic heterocycles. The number of amides is 3. The van der Waals surface area contributed by atoms with Gasteiger partial charge in [0, 0.05) is 57.1 Å². The predicted molar refractivity (Wildman–Crippen MR) is 172 cm³/mol. The van der Waals surface area contributed by atoms with Crippen molar-refractivity contribution in [3.8, 4) is 0 Å². The third-order valence-corrected chi connectivity index (χ3v) is 10.1. The first-order valence-electron chi connectivity index (χ1n) is 15.2. The lowest BCUT2D eigenvalue weighted by Gasteiger charge is -2.36. The largest absolute Gasteiger partial charge is 0.480 e. The number of nitrogens with one attached hydrogen (secondary N) is 2. The average Bonchev–Trinajstić information content (AvgIpc) is 3.06. The van der Waals surface area contributed by atoms with E-state index >= 15 is 0 Å². The number of carboxylic acid groups (broad SMARTS) is 1. The third kappa shape index (κ3) is 8.61. The highest BCUT2D eigenvalue weighted by molar-refractivity contribution is 7.88. The van der Waals surface area contributed by atoms with Gasteiger partial charge in [0.2, 0.25) is 15.9 Å². The lowest BCUT2D eigenvalue weighted by molar-refractivity contribution is -0.142. The van der Waals surface area contributed by atoms with Gasteiger partial charge in [0.1, 0.15) is 6.04 Å². The van der Waals surface area contributed by atoms with Gasteiger partial charge in [-0.1, -0.05) is 60.7 Å². The van der Waals surface area contributed by atoms with E-state index in [2.05, 4.69) is 27.7 Å². The maximum absolute atomic E-state index is 13.1. The molecule has 11 nitrogen and oxygen atoms in total. The summed E-state index contributed by atoms with van der Waals surface area (Å²) in [7, 11) is -3.63. The molecule has 2 aliphatic heterocycles. The van der Waals surface area contributed by atoms with Crippen LogP contribution in [-0.2, 0) is 31.8 Å². The summed E-state index contributed by atoms with van der Waals surface area (Å²) in [6.45, 7) is 3.01. The van der Waals surface area contributed by atoms with Crippen LogP contribution in [0.1, 0.15) is 24.0 Å². The van der Waals surface area contributed by atoms with Crippen LogP contribution in [0.2, 0.25) is 0 Å². The summed E-state index contributed by atoms with van der Waals surface area (Å²) in [6, 6.07) is 24.5. The van der Waals surface area contributed by atoms with Gasteiger partial charge in [0.15, 0.2) is 0 Å². The molecule has 238 valence electrons. The van der Waals surface area contributed by atoms with Gasteiger partial charge in [-0.25, -0.2) is 22.3 Å². The van der Waals surface area contributed by atoms with Crippen LogP contribution in [0.4, 0.5) is 16.2 Å². The van der Waals surface area contributed by atoms with Crippen LogP contribution in [0.25, 0.3) is 0 Å². The Morgan fingerprint density at radius 3 is 2.11 bits per heavy atom. The number of hydrogen-bond acceptors (Lipinski definition) is 6. The number of piperazine rings is 1. The highest BCUT2D eigenvalue weighted by Crippen LogP contribution is 2.22. The zero-order chi connectivity index (χ0) is 31.8. The summed E-state index contributed by atoms with van der Waals surface area (Å²) < 4.78 is 27.4. The molecule has 0 aliphatic carbocycles. The minimum atomic E-state index is -3.63. The summed E-state index contributed by atoms with van der Waals surface area (Å²) in [5.41, 5.74) is 3.07. The summed E-state index contributed by atoms with van der Waals surface area (Å²) in [6.07, 6.45) is 1.03. The molecule has 3 amide bonds. The minimum absolute atomic E-state index is 0.0169. The lowest BCUT2D eigenvalue weighted by Crippen LogP contribution is -2.50. The molecular weight excluding hydrogens is 594 g/mol. The first-order chi connectivity index (χ1) is 21.7. The van der Waals surface area contributed by atoms with E-state index in [1.165, 1.54) is 4.31 Å². The van der Waals surface area contributed by atoms with E-state index in [0.29, 0.717) is 49.3 Å². The smallest absolute Gasteiger partial charge is 0.326 e. The van der Waals surface area contributed by atoms with E-state index in [1.807, 2.05) is 24.3 Å². The molecule has 0 radical (unpaired) electrons. The normalized spacial score (nSPS) is 18.2. The molecule has 5 rings (SSSR count). The number of aliphatic carboxylic acids is 1. The number of urea groups is 1. The number of carbonyl (C=O) groups excluding carboxylic acids is 2. The number of para-hydroxylation sites is 1. The number of nitrogens with zero attached hydrogens (tertiary/aromatic N) is 3. The van der Waals surface area contributed by atoms with Crippen molar-refractivity contribution in [2.24, 2.45) is 5.92 Å². The molecule has 45 heavy (non-hydrogen) atoms. The van der Waals surface area contributed by atoms with Crippen LogP contribution in [0.5, 0.6) is 0 Å². The highest BCUT2D eigenvalue weighted by atomic mass is 32.2. The topological polar surface area (TPSA) is 139 Å². The zero-order valence-electron chi connectivity index (χ0n) is 25.0. The molecular formula is C33H39N5O6S. The second-order valence-electron chi connectivity index (χ2n) is 11.5. The monoisotopic (exact) mass is 633 g/mol. The Morgan fingerprint density at radius 1 is 0.822 bits per heavy atom. The third-order valence-electron chi connectivity index (χ3n) is 8.29. The van der Waals surface area contributed by atoms with Gasteiger partial charge in [-0.05, 0) is 48.2 Å². The quantitative estimate of drug-likeness (QED) is 0.311. The number of piperidine rings is 1. The van der Waals surface area contributed by atoms with Crippen molar-refractivity contribution in [3.05, 3.63) is 96.1 Å². The lowest BCUT2D eigenvalue weighted by atomic mass is 9.97. The van der Waals surface area contributed by atoms with Crippen LogP contribution >= 0.6 is 0 Å². The van der Waals surface area contributed by atoms with Gasteiger partial charge in [-0.15, -0.1) is 0 Å². The van der Waals surface area contributed by atoms with Gasteiger partial charge in [-0.3, -0.25) is 4.79 Å². The van der Waals surface area contributed by atoms with Crippen molar-refractivity contribution in [2.45, 2.75) is 31.1 Å². The SMILES string of the molecule is O=C(N[C@@H](Cc1ccc(NC(=O)N2CCN(c3ccccc3)CC2)cc1)C(=O)O)C1CCCN(S(=O)(=O)Cc2ccccc2)C1. The Morgan fingerprint density at radius 2 is 1.47 bits per heavy atom. The number of rotatable bonds is 10. The molecule has 1 unspecified atom stereocenters. The summed E-state index contributed by atoms with van der Waals surface area (Å²) in [5.74, 6) is -2.45. The molecule has 3 N–H and O–H groups in total. The van der Waals surface area contributed by atoms with Crippen LogP contribution in [0.3, 0.4) is 0 Å². The van der Waals surface area contributed by atoms with E-state index in [9.17, 15) is 27.9 Å². The van der Waals surface area contributed by atoms with E-state index in [-0.39, 0.29) is 24.7 Å². The average molecular weight is 634 g/mol. The van der Waals surface area contributed by atoms with E-state index in [4.69, 9.17) is 0 Å². The van der Waals surface area contributed by atoms with Gasteiger partial charge >= 0.3 is 12.0 Å². The number of benzene rings is 3. The number of carboxylic acids is 1. The standard InChI is InChI=1S/C33H39N5O6S/c39-31(27-10-7-17-38(23-27)45(43,44)24-26-8-3-1-4-9-26)35-30(32(40)41)22-25-13-15-28(16-14-25)34-33(42)37-20-18-36(19-21-37)29-11-5-2-6-12-29/h1-6,8-9,11-16,27,30H,7,10,17-24H2,(H,34,42)(H,35,39)(H,40,41)/t27?,30-/m0/s1. The first kappa shape index (κ1) is 32.0. The van der Waals surface area contributed by atoms with Gasteiger partial charge < -0.3 is 25.5 Å². The maximum Gasteiger partial charge on any atom is 0.326 e. The highest BCUT2D eigenvalue weighted by Gasteiger charge is 2.34.